The summed E-state index contributed by atoms with van der Waals surface area (Å²) in [4.78, 5) is 14.1. The summed E-state index contributed by atoms with van der Waals surface area (Å²) < 4.78 is 11.4. The number of benzene rings is 1. The van der Waals surface area contributed by atoms with E-state index in [0.29, 0.717) is 0 Å². The van der Waals surface area contributed by atoms with Gasteiger partial charge in [0.2, 0.25) is 0 Å². The van der Waals surface area contributed by atoms with Crippen LogP contribution in [0.15, 0.2) is 42.5 Å². The van der Waals surface area contributed by atoms with Crippen molar-refractivity contribution in [1.82, 2.24) is 4.90 Å². The third kappa shape index (κ3) is 4.81. The second kappa shape index (κ2) is 7.15. The summed E-state index contributed by atoms with van der Waals surface area (Å²) in [5, 5.41) is 0. The zero-order valence-corrected chi connectivity index (χ0v) is 14.2. The standard InChI is InChI=1S/C18H26N2O3/c1-13-15(19)10-11-16(23-18(2,3)4)20(13)17(21)22-12-14-8-6-5-7-9-14/h5-11,13,15-16H,12,19H2,1-4H3/t13-,15-,16+/m1/s1. The molecule has 126 valence electrons. The monoisotopic (exact) mass is 318 g/mol. The van der Waals surface area contributed by atoms with Crippen LogP contribution in [-0.2, 0) is 16.1 Å². The number of ether oxygens (including phenoxy) is 2. The van der Waals surface area contributed by atoms with Crippen molar-refractivity contribution in [2.24, 2.45) is 5.73 Å². The first kappa shape index (κ1) is 17.5. The van der Waals surface area contributed by atoms with Crippen LogP contribution in [0.1, 0.15) is 33.3 Å². The van der Waals surface area contributed by atoms with Crippen molar-refractivity contribution in [3.8, 4) is 0 Å². The molecule has 0 bridgehead atoms. The molecule has 1 aliphatic heterocycles. The normalized spacial score (nSPS) is 24.6. The predicted molar refractivity (Wildman–Crippen MR) is 89.7 cm³/mol. The number of carbonyl (C=O) groups excluding carboxylic acids is 1. The van der Waals surface area contributed by atoms with Crippen LogP contribution in [0.5, 0.6) is 0 Å². The molecule has 2 N–H and O–H groups in total. The maximum absolute atomic E-state index is 12.6. The average molecular weight is 318 g/mol. The fraction of sp³-hybridized carbons (Fsp3) is 0.500. The Labute approximate surface area is 138 Å². The maximum atomic E-state index is 12.6. The molecule has 3 atom stereocenters. The quantitative estimate of drug-likeness (QED) is 0.870. The Morgan fingerprint density at radius 3 is 2.48 bits per heavy atom. The van der Waals surface area contributed by atoms with E-state index in [0.717, 1.165) is 5.56 Å². The van der Waals surface area contributed by atoms with Gasteiger partial charge in [-0.25, -0.2) is 4.79 Å². The Morgan fingerprint density at radius 1 is 1.22 bits per heavy atom. The number of carbonyl (C=O) groups is 1. The van der Waals surface area contributed by atoms with E-state index in [2.05, 4.69) is 0 Å². The third-order valence-electron chi connectivity index (χ3n) is 3.66. The number of hydrogen-bond donors (Lipinski definition) is 1. The second-order valence-electron chi connectivity index (χ2n) is 6.77. The van der Waals surface area contributed by atoms with Gasteiger partial charge in [0.05, 0.1) is 11.6 Å². The average Bonchev–Trinajstić information content (AvgIpc) is 2.48. The Morgan fingerprint density at radius 2 is 1.87 bits per heavy atom. The van der Waals surface area contributed by atoms with Crippen molar-refractivity contribution >= 4 is 6.09 Å². The minimum atomic E-state index is -0.479. The highest BCUT2D eigenvalue weighted by atomic mass is 16.6. The molecule has 0 spiro atoms. The van der Waals surface area contributed by atoms with Gasteiger partial charge >= 0.3 is 6.09 Å². The van der Waals surface area contributed by atoms with Crippen molar-refractivity contribution < 1.29 is 14.3 Å². The van der Waals surface area contributed by atoms with E-state index in [-0.39, 0.29) is 24.3 Å². The largest absolute Gasteiger partial charge is 0.444 e. The Kier molecular flexibility index (Phi) is 5.44. The van der Waals surface area contributed by atoms with Crippen molar-refractivity contribution in [2.45, 2.75) is 58.2 Å². The first-order valence-corrected chi connectivity index (χ1v) is 7.89. The SMILES string of the molecule is C[C@@H]1[C@H](N)C=C[C@H](OC(C)(C)C)N1C(=O)OCc1ccccc1. The molecule has 2 rings (SSSR count). The molecule has 0 fully saturated rings. The molecule has 0 saturated carbocycles. The number of rotatable bonds is 3. The Hall–Kier alpha value is -1.85. The van der Waals surface area contributed by atoms with E-state index in [4.69, 9.17) is 15.2 Å². The zero-order valence-electron chi connectivity index (χ0n) is 14.2. The Bertz CT molecular complexity index is 551. The van der Waals surface area contributed by atoms with Crippen LogP contribution < -0.4 is 5.73 Å². The molecular formula is C18H26N2O3. The highest BCUT2D eigenvalue weighted by Crippen LogP contribution is 2.23. The number of nitrogens with two attached hydrogens (primary N) is 1. The highest BCUT2D eigenvalue weighted by Gasteiger charge is 2.36. The first-order valence-electron chi connectivity index (χ1n) is 7.89. The van der Waals surface area contributed by atoms with Gasteiger partial charge in [0.1, 0.15) is 6.61 Å². The molecule has 0 saturated heterocycles. The van der Waals surface area contributed by atoms with Gasteiger partial charge in [-0.3, -0.25) is 4.90 Å². The van der Waals surface area contributed by atoms with Gasteiger partial charge < -0.3 is 15.2 Å². The molecule has 5 nitrogen and oxygen atoms in total. The van der Waals surface area contributed by atoms with Crippen molar-refractivity contribution in [3.05, 3.63) is 48.0 Å². The number of nitrogens with zero attached hydrogens (tertiary/aromatic N) is 1. The summed E-state index contributed by atoms with van der Waals surface area (Å²) >= 11 is 0. The van der Waals surface area contributed by atoms with Gasteiger partial charge in [0, 0.05) is 6.04 Å². The fourth-order valence-electron chi connectivity index (χ4n) is 2.42. The van der Waals surface area contributed by atoms with Crippen LogP contribution in [0.4, 0.5) is 4.79 Å². The second-order valence-corrected chi connectivity index (χ2v) is 6.77. The summed E-state index contributed by atoms with van der Waals surface area (Å²) in [6.07, 6.45) is 2.80. The minimum absolute atomic E-state index is 0.198. The van der Waals surface area contributed by atoms with E-state index in [1.165, 1.54) is 0 Å². The van der Waals surface area contributed by atoms with E-state index in [1.54, 1.807) is 4.90 Å². The van der Waals surface area contributed by atoms with Gasteiger partial charge in [-0.2, -0.15) is 0 Å². The number of amides is 1. The van der Waals surface area contributed by atoms with Crippen LogP contribution in [0, 0.1) is 0 Å². The molecule has 0 aliphatic carbocycles. The third-order valence-corrected chi connectivity index (χ3v) is 3.66. The molecule has 0 unspecified atom stereocenters. The molecule has 1 aliphatic rings. The molecule has 1 aromatic rings. The van der Waals surface area contributed by atoms with Crippen molar-refractivity contribution in [3.63, 3.8) is 0 Å². The summed E-state index contributed by atoms with van der Waals surface area (Å²) in [7, 11) is 0. The lowest BCUT2D eigenvalue weighted by atomic mass is 10.0. The van der Waals surface area contributed by atoms with E-state index in [1.807, 2.05) is 70.2 Å². The van der Waals surface area contributed by atoms with Crippen molar-refractivity contribution in [2.75, 3.05) is 0 Å². The molecule has 23 heavy (non-hydrogen) atoms. The zero-order chi connectivity index (χ0) is 17.0. The fourth-order valence-corrected chi connectivity index (χ4v) is 2.42. The van der Waals surface area contributed by atoms with Crippen LogP contribution in [-0.4, -0.2) is 34.9 Å². The first-order chi connectivity index (χ1) is 10.8. The smallest absolute Gasteiger partial charge is 0.412 e. The molecule has 5 heteroatoms. The van der Waals surface area contributed by atoms with Crippen LogP contribution >= 0.6 is 0 Å². The minimum Gasteiger partial charge on any atom is -0.444 e. The van der Waals surface area contributed by atoms with E-state index < -0.39 is 12.3 Å². The van der Waals surface area contributed by atoms with Gasteiger partial charge in [-0.15, -0.1) is 0 Å². The lowest BCUT2D eigenvalue weighted by Crippen LogP contribution is -2.57. The molecule has 1 heterocycles. The van der Waals surface area contributed by atoms with Gasteiger partial charge in [0.15, 0.2) is 6.23 Å². The number of hydrogen-bond acceptors (Lipinski definition) is 4. The molecule has 0 radical (unpaired) electrons. The molecular weight excluding hydrogens is 292 g/mol. The summed E-state index contributed by atoms with van der Waals surface area (Å²) in [5.41, 5.74) is 6.61. The molecule has 1 amide bonds. The van der Waals surface area contributed by atoms with Crippen LogP contribution in [0.3, 0.4) is 0 Å². The lowest BCUT2D eigenvalue weighted by molar-refractivity contribution is -0.115. The maximum Gasteiger partial charge on any atom is 0.412 e. The van der Waals surface area contributed by atoms with E-state index >= 15 is 0 Å². The van der Waals surface area contributed by atoms with Crippen LogP contribution in [0.2, 0.25) is 0 Å². The lowest BCUT2D eigenvalue weighted by Gasteiger charge is -2.41. The van der Waals surface area contributed by atoms with Crippen LogP contribution in [0.25, 0.3) is 0 Å². The topological polar surface area (TPSA) is 64.8 Å². The summed E-state index contributed by atoms with van der Waals surface area (Å²) in [6.45, 7) is 7.98. The van der Waals surface area contributed by atoms with Crippen molar-refractivity contribution in [1.29, 1.82) is 0 Å². The Balaban J connectivity index is 2.08. The van der Waals surface area contributed by atoms with Gasteiger partial charge in [0.25, 0.3) is 0 Å². The summed E-state index contributed by atoms with van der Waals surface area (Å²) in [6, 6.07) is 9.15. The molecule has 1 aromatic carbocycles. The van der Waals surface area contributed by atoms with Gasteiger partial charge in [-0.1, -0.05) is 36.4 Å². The molecule has 0 aromatic heterocycles. The highest BCUT2D eigenvalue weighted by molar-refractivity contribution is 5.69. The predicted octanol–water partition coefficient (Wildman–Crippen LogP) is 3.05. The van der Waals surface area contributed by atoms with Gasteiger partial charge in [-0.05, 0) is 39.3 Å². The van der Waals surface area contributed by atoms with E-state index in [9.17, 15) is 4.79 Å². The summed E-state index contributed by atoms with van der Waals surface area (Å²) in [5.74, 6) is 0.